The Morgan fingerprint density at radius 3 is 2.25 bits per heavy atom. The van der Waals surface area contributed by atoms with E-state index in [0.717, 1.165) is 5.52 Å². The zero-order chi connectivity index (χ0) is 16.5. The van der Waals surface area contributed by atoms with Crippen LogP contribution >= 0.6 is 0 Å². The van der Waals surface area contributed by atoms with E-state index in [1.54, 1.807) is 0 Å². The molecule has 0 bridgehead atoms. The highest BCUT2D eigenvalue weighted by Gasteiger charge is 2.14. The van der Waals surface area contributed by atoms with Gasteiger partial charge in [0.1, 0.15) is 0 Å². The quantitative estimate of drug-likeness (QED) is 0.483. The second-order valence-corrected chi connectivity index (χ2v) is 6.05. The number of hydrogen-bond acceptors (Lipinski definition) is 2. The van der Waals surface area contributed by atoms with E-state index in [9.17, 15) is 0 Å². The maximum Gasteiger partial charge on any atom is 0.0713 e. The molecule has 0 unspecified atom stereocenters. The van der Waals surface area contributed by atoms with Gasteiger partial charge in [-0.05, 0) is 71.5 Å². The van der Waals surface area contributed by atoms with E-state index in [0.29, 0.717) is 0 Å². The monoisotopic (exact) mass is 310 g/mol. The van der Waals surface area contributed by atoms with Gasteiger partial charge in [-0.25, -0.2) is 0 Å². The molecule has 0 atom stereocenters. The molecule has 0 saturated carbocycles. The Labute approximate surface area is 141 Å². The molecule has 0 aliphatic rings. The lowest BCUT2D eigenvalue weighted by atomic mass is 9.89. The van der Waals surface area contributed by atoms with Crippen LogP contribution in [0.3, 0.4) is 0 Å². The molecule has 4 rings (SSSR count). The predicted octanol–water partition coefficient (Wildman–Crippen LogP) is 5.58. The third-order valence-corrected chi connectivity index (χ3v) is 4.53. The summed E-state index contributed by atoms with van der Waals surface area (Å²) in [7, 11) is 0. The fraction of sp³-hybridized carbons (Fsp3) is 0.0909. The highest BCUT2D eigenvalue weighted by Crippen LogP contribution is 2.37. The van der Waals surface area contributed by atoms with Crippen molar-refractivity contribution in [3.05, 3.63) is 84.3 Å². The molecule has 0 amide bonds. The van der Waals surface area contributed by atoms with Crippen LogP contribution in [0.5, 0.6) is 0 Å². The number of aryl methyl sites for hydroxylation is 2. The maximum atomic E-state index is 4.61. The summed E-state index contributed by atoms with van der Waals surface area (Å²) in [5.41, 5.74) is 8.47. The number of benzene rings is 2. The van der Waals surface area contributed by atoms with Crippen molar-refractivity contribution in [3.63, 3.8) is 0 Å². The first kappa shape index (κ1) is 14.6. The zero-order valence-corrected chi connectivity index (χ0v) is 13.8. The van der Waals surface area contributed by atoms with Crippen LogP contribution < -0.4 is 0 Å². The first-order valence-corrected chi connectivity index (χ1v) is 8.10. The summed E-state index contributed by atoms with van der Waals surface area (Å²) in [6.45, 7) is 4.35. The molecule has 0 fully saturated rings. The van der Waals surface area contributed by atoms with Gasteiger partial charge in [0.15, 0.2) is 0 Å². The Kier molecular flexibility index (Phi) is 3.58. The highest BCUT2D eigenvalue weighted by atomic mass is 14.6. The van der Waals surface area contributed by atoms with Gasteiger partial charge in [-0.3, -0.25) is 9.97 Å². The Hall–Kier alpha value is -3.00. The number of hydrogen-bond donors (Lipinski definition) is 0. The molecular weight excluding hydrogens is 292 g/mol. The number of fused-ring (bicyclic) bond motifs is 1. The van der Waals surface area contributed by atoms with Crippen molar-refractivity contribution in [3.8, 4) is 22.3 Å². The van der Waals surface area contributed by atoms with Gasteiger partial charge in [0.05, 0.1) is 5.52 Å². The van der Waals surface area contributed by atoms with Gasteiger partial charge in [-0.2, -0.15) is 0 Å². The van der Waals surface area contributed by atoms with Gasteiger partial charge in [0, 0.05) is 24.0 Å². The Balaban J connectivity index is 2.08. The number of rotatable bonds is 2. The minimum atomic E-state index is 1.05. The van der Waals surface area contributed by atoms with Crippen molar-refractivity contribution in [2.24, 2.45) is 0 Å². The molecule has 24 heavy (non-hydrogen) atoms. The first-order chi connectivity index (χ1) is 11.8. The molecule has 0 spiro atoms. The largest absolute Gasteiger partial charge is 0.265 e. The topological polar surface area (TPSA) is 25.8 Å². The zero-order valence-electron chi connectivity index (χ0n) is 13.8. The molecule has 4 aromatic rings. The van der Waals surface area contributed by atoms with Crippen LogP contribution in [-0.4, -0.2) is 9.97 Å². The summed E-state index contributed by atoms with van der Waals surface area (Å²) in [6.07, 6.45) is 5.59. The average molecular weight is 310 g/mol. The highest BCUT2D eigenvalue weighted by molar-refractivity contribution is 6.01. The van der Waals surface area contributed by atoms with Crippen LogP contribution in [0, 0.1) is 13.8 Å². The van der Waals surface area contributed by atoms with Crippen molar-refractivity contribution in [1.29, 1.82) is 0 Å². The van der Waals surface area contributed by atoms with Crippen LogP contribution in [0.15, 0.2) is 73.2 Å². The molecule has 2 heterocycles. The molecule has 0 N–H and O–H groups in total. The van der Waals surface area contributed by atoms with E-state index in [2.05, 4.69) is 72.3 Å². The van der Waals surface area contributed by atoms with E-state index in [-0.39, 0.29) is 0 Å². The fourth-order valence-corrected chi connectivity index (χ4v) is 3.50. The van der Waals surface area contributed by atoms with E-state index in [1.807, 2.05) is 24.7 Å². The first-order valence-electron chi connectivity index (χ1n) is 8.10. The lowest BCUT2D eigenvalue weighted by molar-refractivity contribution is 1.31. The van der Waals surface area contributed by atoms with Gasteiger partial charge in [0.25, 0.3) is 0 Å². The number of nitrogens with zero attached hydrogens (tertiary/aromatic N) is 2. The Morgan fingerprint density at radius 1 is 0.750 bits per heavy atom. The lowest BCUT2D eigenvalue weighted by Crippen LogP contribution is -1.94. The summed E-state index contributed by atoms with van der Waals surface area (Å²) in [5, 5.41) is 1.22. The molecule has 2 aromatic heterocycles. The van der Waals surface area contributed by atoms with Crippen LogP contribution in [0.4, 0.5) is 0 Å². The van der Waals surface area contributed by atoms with Crippen LogP contribution in [0.2, 0.25) is 0 Å². The normalized spacial score (nSPS) is 10.9. The van der Waals surface area contributed by atoms with Gasteiger partial charge >= 0.3 is 0 Å². The van der Waals surface area contributed by atoms with Gasteiger partial charge in [-0.1, -0.05) is 30.3 Å². The third-order valence-electron chi connectivity index (χ3n) is 4.53. The van der Waals surface area contributed by atoms with E-state index in [4.69, 9.17) is 0 Å². The minimum absolute atomic E-state index is 1.05. The lowest BCUT2D eigenvalue weighted by Gasteiger charge is -2.16. The fourth-order valence-electron chi connectivity index (χ4n) is 3.50. The summed E-state index contributed by atoms with van der Waals surface area (Å²) in [6, 6.07) is 18.9. The molecule has 0 aliphatic heterocycles. The van der Waals surface area contributed by atoms with Crippen molar-refractivity contribution in [2.45, 2.75) is 13.8 Å². The summed E-state index contributed by atoms with van der Waals surface area (Å²) in [5.74, 6) is 0. The van der Waals surface area contributed by atoms with Crippen molar-refractivity contribution >= 4 is 10.9 Å². The van der Waals surface area contributed by atoms with E-state index >= 15 is 0 Å². The Morgan fingerprint density at radius 2 is 1.50 bits per heavy atom. The number of pyridine rings is 2. The molecule has 116 valence electrons. The average Bonchev–Trinajstić information content (AvgIpc) is 2.63. The second-order valence-electron chi connectivity index (χ2n) is 6.05. The van der Waals surface area contributed by atoms with E-state index < -0.39 is 0 Å². The summed E-state index contributed by atoms with van der Waals surface area (Å²) >= 11 is 0. The minimum Gasteiger partial charge on any atom is -0.265 e. The standard InChI is InChI=1S/C22H18N2/c1-15-14-20-22(16(2)21(15)18-8-11-23-12-9-18)19(10-13-24-20)17-6-4-3-5-7-17/h3-14H,1-2H3. The third kappa shape index (κ3) is 2.37. The molecule has 2 heteroatoms. The summed E-state index contributed by atoms with van der Waals surface area (Å²) < 4.78 is 0. The molecule has 0 aliphatic carbocycles. The molecule has 0 radical (unpaired) electrons. The molecule has 2 nitrogen and oxygen atoms in total. The van der Waals surface area contributed by atoms with Crippen LogP contribution in [-0.2, 0) is 0 Å². The molecule has 2 aromatic carbocycles. The summed E-state index contributed by atoms with van der Waals surface area (Å²) in [4.78, 5) is 8.76. The number of aromatic nitrogens is 2. The SMILES string of the molecule is Cc1cc2nccc(-c3ccccc3)c2c(C)c1-c1ccncc1. The second kappa shape index (κ2) is 5.89. The predicted molar refractivity (Wildman–Crippen MR) is 99.9 cm³/mol. The molecular formula is C22H18N2. The molecule has 0 saturated heterocycles. The smallest absolute Gasteiger partial charge is 0.0713 e. The van der Waals surface area contributed by atoms with Crippen molar-refractivity contribution in [1.82, 2.24) is 9.97 Å². The van der Waals surface area contributed by atoms with Crippen molar-refractivity contribution in [2.75, 3.05) is 0 Å². The maximum absolute atomic E-state index is 4.61. The Bertz CT molecular complexity index is 1010. The van der Waals surface area contributed by atoms with E-state index in [1.165, 1.54) is 38.8 Å². The van der Waals surface area contributed by atoms with Crippen LogP contribution in [0.1, 0.15) is 11.1 Å². The van der Waals surface area contributed by atoms with Gasteiger partial charge < -0.3 is 0 Å². The van der Waals surface area contributed by atoms with Gasteiger partial charge in [-0.15, -0.1) is 0 Å². The van der Waals surface area contributed by atoms with Crippen LogP contribution in [0.25, 0.3) is 33.2 Å². The van der Waals surface area contributed by atoms with Gasteiger partial charge in [0.2, 0.25) is 0 Å². The van der Waals surface area contributed by atoms with Crippen molar-refractivity contribution < 1.29 is 0 Å².